The Morgan fingerprint density at radius 3 is 2.47 bits per heavy atom. The first-order valence-electron chi connectivity index (χ1n) is 6.60. The number of Topliss-reactive ketones (excluding diaryl/α,β-unsaturated/α-hetero) is 1. The minimum atomic E-state index is 0.277. The van der Waals surface area contributed by atoms with Crippen molar-refractivity contribution in [3.05, 3.63) is 21.4 Å². The molecule has 2 heteroatoms. The molecule has 94 valence electrons. The highest BCUT2D eigenvalue weighted by atomic mass is 32.1. The first kappa shape index (κ1) is 12.8. The average molecular weight is 250 g/mol. The molecule has 0 aliphatic heterocycles. The SMILES string of the molecule is Cc1cc(C(=O)C2CCC(C)C(C)C2)sc1C. The van der Waals surface area contributed by atoms with Crippen LogP contribution in [0.4, 0.5) is 0 Å². The number of aryl methyl sites for hydroxylation is 2. The highest BCUT2D eigenvalue weighted by molar-refractivity contribution is 7.14. The van der Waals surface area contributed by atoms with E-state index in [9.17, 15) is 4.79 Å². The Morgan fingerprint density at radius 1 is 1.24 bits per heavy atom. The van der Waals surface area contributed by atoms with Crippen molar-refractivity contribution in [2.45, 2.75) is 47.0 Å². The fourth-order valence-electron chi connectivity index (χ4n) is 2.68. The molecule has 1 aliphatic rings. The van der Waals surface area contributed by atoms with Gasteiger partial charge in [-0.1, -0.05) is 13.8 Å². The van der Waals surface area contributed by atoms with Gasteiger partial charge in [-0.05, 0) is 56.6 Å². The van der Waals surface area contributed by atoms with Crippen molar-refractivity contribution in [1.82, 2.24) is 0 Å². The number of hydrogen-bond donors (Lipinski definition) is 0. The molecule has 3 atom stereocenters. The summed E-state index contributed by atoms with van der Waals surface area (Å²) in [5.41, 5.74) is 1.26. The molecule has 1 fully saturated rings. The Balaban J connectivity index is 2.10. The van der Waals surface area contributed by atoms with Gasteiger partial charge < -0.3 is 0 Å². The predicted molar refractivity (Wildman–Crippen MR) is 73.8 cm³/mol. The van der Waals surface area contributed by atoms with Gasteiger partial charge >= 0.3 is 0 Å². The lowest BCUT2D eigenvalue weighted by Gasteiger charge is -2.30. The Morgan fingerprint density at radius 2 is 1.94 bits per heavy atom. The molecule has 3 unspecified atom stereocenters. The lowest BCUT2D eigenvalue weighted by atomic mass is 9.74. The van der Waals surface area contributed by atoms with E-state index in [-0.39, 0.29) is 5.92 Å². The number of carbonyl (C=O) groups excluding carboxylic acids is 1. The van der Waals surface area contributed by atoms with Gasteiger partial charge in [-0.25, -0.2) is 0 Å². The molecular formula is C15H22OS. The first-order valence-corrected chi connectivity index (χ1v) is 7.42. The van der Waals surface area contributed by atoms with Gasteiger partial charge in [0.25, 0.3) is 0 Å². The van der Waals surface area contributed by atoms with Gasteiger partial charge in [-0.3, -0.25) is 4.79 Å². The molecule has 0 N–H and O–H groups in total. The molecule has 1 aromatic heterocycles. The molecule has 0 saturated heterocycles. The van der Waals surface area contributed by atoms with Crippen molar-refractivity contribution in [1.29, 1.82) is 0 Å². The number of hydrogen-bond acceptors (Lipinski definition) is 2. The molecule has 0 amide bonds. The molecule has 1 aromatic rings. The second kappa shape index (κ2) is 4.93. The highest BCUT2D eigenvalue weighted by Gasteiger charge is 2.30. The van der Waals surface area contributed by atoms with E-state index in [1.54, 1.807) is 11.3 Å². The predicted octanol–water partition coefficient (Wildman–Crippen LogP) is 4.62. The Bertz CT molecular complexity index is 399. The summed E-state index contributed by atoms with van der Waals surface area (Å²) in [5.74, 6) is 2.15. The summed E-state index contributed by atoms with van der Waals surface area (Å²) >= 11 is 1.67. The smallest absolute Gasteiger partial charge is 0.175 e. The summed E-state index contributed by atoms with van der Waals surface area (Å²) in [5, 5.41) is 0. The molecule has 0 radical (unpaired) electrons. The van der Waals surface area contributed by atoms with Crippen molar-refractivity contribution < 1.29 is 4.79 Å². The van der Waals surface area contributed by atoms with Crippen molar-refractivity contribution in [3.8, 4) is 0 Å². The van der Waals surface area contributed by atoms with E-state index in [0.29, 0.717) is 11.7 Å². The maximum Gasteiger partial charge on any atom is 0.175 e. The van der Waals surface area contributed by atoms with Crippen LogP contribution in [-0.2, 0) is 0 Å². The van der Waals surface area contributed by atoms with Gasteiger partial charge in [-0.15, -0.1) is 11.3 Å². The van der Waals surface area contributed by atoms with Gasteiger partial charge in [0.05, 0.1) is 4.88 Å². The number of rotatable bonds is 2. The van der Waals surface area contributed by atoms with Crippen molar-refractivity contribution in [3.63, 3.8) is 0 Å². The zero-order chi connectivity index (χ0) is 12.6. The second-order valence-corrected chi connectivity index (χ2v) is 6.93. The third-order valence-electron chi connectivity index (χ3n) is 4.38. The lowest BCUT2D eigenvalue weighted by molar-refractivity contribution is 0.0842. The molecule has 0 spiro atoms. The van der Waals surface area contributed by atoms with E-state index in [1.807, 2.05) is 0 Å². The van der Waals surface area contributed by atoms with Crippen LogP contribution >= 0.6 is 11.3 Å². The zero-order valence-electron chi connectivity index (χ0n) is 11.2. The summed E-state index contributed by atoms with van der Waals surface area (Å²) in [6, 6.07) is 2.07. The lowest BCUT2D eigenvalue weighted by Crippen LogP contribution is -2.26. The van der Waals surface area contributed by atoms with Gasteiger partial charge in [0.1, 0.15) is 0 Å². The molecule has 0 aromatic carbocycles. The quantitative estimate of drug-likeness (QED) is 0.700. The first-order chi connectivity index (χ1) is 7.99. The molecule has 2 rings (SSSR count). The normalized spacial score (nSPS) is 29.3. The van der Waals surface area contributed by atoms with Crippen LogP contribution in [-0.4, -0.2) is 5.78 Å². The minimum absolute atomic E-state index is 0.277. The summed E-state index contributed by atoms with van der Waals surface area (Å²) < 4.78 is 0. The van der Waals surface area contributed by atoms with E-state index < -0.39 is 0 Å². The number of ketones is 1. The van der Waals surface area contributed by atoms with Crippen LogP contribution in [0.1, 0.15) is 53.2 Å². The van der Waals surface area contributed by atoms with E-state index in [4.69, 9.17) is 0 Å². The van der Waals surface area contributed by atoms with Gasteiger partial charge in [0.2, 0.25) is 0 Å². The summed E-state index contributed by atoms with van der Waals surface area (Å²) in [4.78, 5) is 14.7. The van der Waals surface area contributed by atoms with Crippen LogP contribution in [0, 0.1) is 31.6 Å². The molecule has 1 nitrogen and oxygen atoms in total. The topological polar surface area (TPSA) is 17.1 Å². The van der Waals surface area contributed by atoms with E-state index in [2.05, 4.69) is 33.8 Å². The van der Waals surface area contributed by atoms with E-state index >= 15 is 0 Å². The third kappa shape index (κ3) is 2.62. The standard InChI is InChI=1S/C15H22OS/c1-9-5-6-13(7-10(9)2)15(16)14-8-11(3)12(4)17-14/h8-10,13H,5-7H2,1-4H3. The Labute approximate surface area is 108 Å². The maximum absolute atomic E-state index is 12.4. The van der Waals surface area contributed by atoms with Crippen LogP contribution in [0.5, 0.6) is 0 Å². The van der Waals surface area contributed by atoms with Gasteiger partial charge in [-0.2, -0.15) is 0 Å². The number of thiophene rings is 1. The molecule has 1 aliphatic carbocycles. The van der Waals surface area contributed by atoms with Crippen molar-refractivity contribution in [2.75, 3.05) is 0 Å². The Kier molecular flexibility index (Phi) is 3.72. The van der Waals surface area contributed by atoms with E-state index in [0.717, 1.165) is 23.6 Å². The van der Waals surface area contributed by atoms with Crippen LogP contribution in [0.15, 0.2) is 6.07 Å². The molecular weight excluding hydrogens is 228 g/mol. The zero-order valence-corrected chi connectivity index (χ0v) is 12.1. The maximum atomic E-state index is 12.4. The summed E-state index contributed by atoms with van der Waals surface area (Å²) in [7, 11) is 0. The number of carbonyl (C=O) groups is 1. The van der Waals surface area contributed by atoms with Crippen molar-refractivity contribution >= 4 is 17.1 Å². The van der Waals surface area contributed by atoms with Crippen LogP contribution in [0.2, 0.25) is 0 Å². The largest absolute Gasteiger partial charge is 0.293 e. The molecule has 1 heterocycles. The molecule has 0 bridgehead atoms. The van der Waals surface area contributed by atoms with Gasteiger partial charge in [0.15, 0.2) is 5.78 Å². The minimum Gasteiger partial charge on any atom is -0.293 e. The fraction of sp³-hybridized carbons (Fsp3) is 0.667. The molecule has 1 saturated carbocycles. The van der Waals surface area contributed by atoms with Crippen LogP contribution in [0.3, 0.4) is 0 Å². The van der Waals surface area contributed by atoms with Crippen LogP contribution < -0.4 is 0 Å². The van der Waals surface area contributed by atoms with E-state index in [1.165, 1.54) is 16.9 Å². The van der Waals surface area contributed by atoms with Crippen molar-refractivity contribution in [2.24, 2.45) is 17.8 Å². The fourth-order valence-corrected chi connectivity index (χ4v) is 3.73. The Hall–Kier alpha value is -0.630. The summed E-state index contributed by atoms with van der Waals surface area (Å²) in [6.07, 6.45) is 3.37. The molecule has 17 heavy (non-hydrogen) atoms. The highest BCUT2D eigenvalue weighted by Crippen LogP contribution is 2.36. The average Bonchev–Trinajstić information content (AvgIpc) is 2.62. The third-order valence-corrected chi connectivity index (χ3v) is 5.54. The second-order valence-electron chi connectivity index (χ2n) is 5.68. The monoisotopic (exact) mass is 250 g/mol. The van der Waals surface area contributed by atoms with Crippen LogP contribution in [0.25, 0.3) is 0 Å². The summed E-state index contributed by atoms with van der Waals surface area (Å²) in [6.45, 7) is 8.79. The van der Waals surface area contributed by atoms with Gasteiger partial charge in [0, 0.05) is 10.8 Å².